The summed E-state index contributed by atoms with van der Waals surface area (Å²) in [6.45, 7) is 2.22. The van der Waals surface area contributed by atoms with E-state index >= 15 is 0 Å². The van der Waals surface area contributed by atoms with E-state index in [0.29, 0.717) is 6.61 Å². The van der Waals surface area contributed by atoms with E-state index in [-0.39, 0.29) is 11.9 Å². The molecule has 1 heterocycles. The average Bonchev–Trinajstić information content (AvgIpc) is 2.32. The van der Waals surface area contributed by atoms with Crippen LogP contribution in [0.1, 0.15) is 19.3 Å². The number of nitrogens with one attached hydrogen (secondary N) is 2. The largest absolute Gasteiger partial charge is 0.383 e. The van der Waals surface area contributed by atoms with E-state index in [4.69, 9.17) is 4.74 Å². The molecule has 0 aromatic rings. The van der Waals surface area contributed by atoms with Crippen molar-refractivity contribution in [3.63, 3.8) is 0 Å². The highest BCUT2D eigenvalue weighted by atomic mass is 16.5. The summed E-state index contributed by atoms with van der Waals surface area (Å²) in [6.07, 6.45) is 3.15. The van der Waals surface area contributed by atoms with Crippen LogP contribution in [0.3, 0.4) is 0 Å². The number of hydrogen-bond donors (Lipinski definition) is 2. The fourth-order valence-electron chi connectivity index (χ4n) is 1.47. The van der Waals surface area contributed by atoms with E-state index in [1.54, 1.807) is 7.11 Å². The SMILES string of the molecule is COCCNC1CCCCNC1=O. The van der Waals surface area contributed by atoms with Crippen LogP contribution >= 0.6 is 0 Å². The smallest absolute Gasteiger partial charge is 0.237 e. The van der Waals surface area contributed by atoms with Gasteiger partial charge in [-0.05, 0) is 19.3 Å². The van der Waals surface area contributed by atoms with E-state index < -0.39 is 0 Å². The number of ether oxygens (including phenoxy) is 1. The summed E-state index contributed by atoms with van der Waals surface area (Å²) >= 11 is 0. The van der Waals surface area contributed by atoms with Crippen LogP contribution in [-0.4, -0.2) is 38.8 Å². The van der Waals surface area contributed by atoms with Crippen molar-refractivity contribution in [2.45, 2.75) is 25.3 Å². The van der Waals surface area contributed by atoms with Gasteiger partial charge in [-0.2, -0.15) is 0 Å². The molecule has 2 N–H and O–H groups in total. The first-order valence-corrected chi connectivity index (χ1v) is 4.84. The first kappa shape index (κ1) is 10.5. The third-order valence-corrected chi connectivity index (χ3v) is 2.23. The standard InChI is InChI=1S/C9H18N2O2/c1-13-7-6-10-8-4-2-3-5-11-9(8)12/h8,10H,2-7H2,1H3,(H,11,12). The number of amides is 1. The van der Waals surface area contributed by atoms with Crippen molar-refractivity contribution in [3.05, 3.63) is 0 Å². The number of carbonyl (C=O) groups is 1. The van der Waals surface area contributed by atoms with E-state index in [0.717, 1.165) is 32.4 Å². The van der Waals surface area contributed by atoms with Crippen LogP contribution in [0, 0.1) is 0 Å². The average molecular weight is 186 g/mol. The molecule has 0 radical (unpaired) electrons. The molecule has 1 saturated heterocycles. The maximum absolute atomic E-state index is 11.4. The van der Waals surface area contributed by atoms with E-state index in [2.05, 4.69) is 10.6 Å². The molecule has 1 unspecified atom stereocenters. The lowest BCUT2D eigenvalue weighted by Crippen LogP contribution is -2.43. The zero-order chi connectivity index (χ0) is 9.52. The van der Waals surface area contributed by atoms with Crippen LogP contribution < -0.4 is 10.6 Å². The summed E-state index contributed by atoms with van der Waals surface area (Å²) in [4.78, 5) is 11.4. The minimum Gasteiger partial charge on any atom is -0.383 e. The van der Waals surface area contributed by atoms with Gasteiger partial charge in [0.2, 0.25) is 5.91 Å². The van der Waals surface area contributed by atoms with Gasteiger partial charge in [0.15, 0.2) is 0 Å². The summed E-state index contributed by atoms with van der Waals surface area (Å²) in [6, 6.07) is -0.0161. The molecule has 0 saturated carbocycles. The Bertz CT molecular complexity index is 162. The summed E-state index contributed by atoms with van der Waals surface area (Å²) in [5, 5.41) is 6.05. The van der Waals surface area contributed by atoms with Gasteiger partial charge in [0, 0.05) is 20.2 Å². The van der Waals surface area contributed by atoms with Gasteiger partial charge < -0.3 is 15.4 Å². The van der Waals surface area contributed by atoms with Gasteiger partial charge in [-0.3, -0.25) is 4.79 Å². The van der Waals surface area contributed by atoms with Crippen molar-refractivity contribution in [2.24, 2.45) is 0 Å². The summed E-state index contributed by atoms with van der Waals surface area (Å²) < 4.78 is 4.91. The van der Waals surface area contributed by atoms with Crippen molar-refractivity contribution in [2.75, 3.05) is 26.8 Å². The quantitative estimate of drug-likeness (QED) is 0.602. The van der Waals surface area contributed by atoms with Gasteiger partial charge >= 0.3 is 0 Å². The van der Waals surface area contributed by atoms with Gasteiger partial charge in [-0.25, -0.2) is 0 Å². The monoisotopic (exact) mass is 186 g/mol. The Morgan fingerprint density at radius 3 is 3.23 bits per heavy atom. The van der Waals surface area contributed by atoms with Crippen molar-refractivity contribution in [1.82, 2.24) is 10.6 Å². The molecule has 0 bridgehead atoms. The zero-order valence-electron chi connectivity index (χ0n) is 8.14. The number of hydrogen-bond acceptors (Lipinski definition) is 3. The minimum absolute atomic E-state index is 0.0161. The fraction of sp³-hybridized carbons (Fsp3) is 0.889. The second kappa shape index (κ2) is 5.94. The molecule has 4 nitrogen and oxygen atoms in total. The maximum Gasteiger partial charge on any atom is 0.237 e. The zero-order valence-corrected chi connectivity index (χ0v) is 8.14. The second-order valence-electron chi connectivity index (χ2n) is 3.29. The molecule has 0 aliphatic carbocycles. The lowest BCUT2D eigenvalue weighted by Gasteiger charge is -2.14. The molecule has 1 atom stereocenters. The van der Waals surface area contributed by atoms with Crippen LogP contribution in [0.2, 0.25) is 0 Å². The number of rotatable bonds is 4. The normalized spacial score (nSPS) is 23.8. The first-order valence-electron chi connectivity index (χ1n) is 4.84. The van der Waals surface area contributed by atoms with Crippen LogP contribution in [0.25, 0.3) is 0 Å². The van der Waals surface area contributed by atoms with Gasteiger partial charge in [-0.15, -0.1) is 0 Å². The van der Waals surface area contributed by atoms with Crippen molar-refractivity contribution in [3.8, 4) is 0 Å². The Hall–Kier alpha value is -0.610. The molecule has 1 aliphatic rings. The van der Waals surface area contributed by atoms with Crippen molar-refractivity contribution in [1.29, 1.82) is 0 Å². The highest BCUT2D eigenvalue weighted by Gasteiger charge is 2.18. The van der Waals surface area contributed by atoms with E-state index in [1.807, 2.05) is 0 Å². The molecular weight excluding hydrogens is 168 g/mol. The lowest BCUT2D eigenvalue weighted by molar-refractivity contribution is -0.122. The maximum atomic E-state index is 11.4. The molecule has 1 rings (SSSR count). The highest BCUT2D eigenvalue weighted by molar-refractivity contribution is 5.81. The van der Waals surface area contributed by atoms with Crippen LogP contribution in [0.4, 0.5) is 0 Å². The van der Waals surface area contributed by atoms with Crippen LogP contribution in [0.15, 0.2) is 0 Å². The minimum atomic E-state index is -0.0161. The predicted octanol–water partition coefficient (Wildman–Crippen LogP) is -0.109. The fourth-order valence-corrected chi connectivity index (χ4v) is 1.47. The van der Waals surface area contributed by atoms with Crippen LogP contribution in [-0.2, 0) is 9.53 Å². The summed E-state index contributed by atoms with van der Waals surface area (Å²) in [5.41, 5.74) is 0. The summed E-state index contributed by atoms with van der Waals surface area (Å²) in [7, 11) is 1.66. The Labute approximate surface area is 79.0 Å². The summed E-state index contributed by atoms with van der Waals surface area (Å²) in [5.74, 6) is 0.133. The molecule has 13 heavy (non-hydrogen) atoms. The number of methoxy groups -OCH3 is 1. The third kappa shape index (κ3) is 3.74. The third-order valence-electron chi connectivity index (χ3n) is 2.23. The predicted molar refractivity (Wildman–Crippen MR) is 50.5 cm³/mol. The molecule has 1 fully saturated rings. The molecule has 1 aliphatic heterocycles. The molecule has 4 heteroatoms. The molecule has 1 amide bonds. The molecule has 76 valence electrons. The Morgan fingerprint density at radius 1 is 1.62 bits per heavy atom. The van der Waals surface area contributed by atoms with E-state index in [9.17, 15) is 4.79 Å². The number of carbonyl (C=O) groups excluding carboxylic acids is 1. The molecule has 0 aromatic heterocycles. The Kier molecular flexibility index (Phi) is 4.78. The first-order chi connectivity index (χ1) is 6.34. The Morgan fingerprint density at radius 2 is 2.46 bits per heavy atom. The second-order valence-corrected chi connectivity index (χ2v) is 3.29. The van der Waals surface area contributed by atoms with Crippen LogP contribution in [0.5, 0.6) is 0 Å². The molecule has 0 spiro atoms. The van der Waals surface area contributed by atoms with Gasteiger partial charge in [0.1, 0.15) is 0 Å². The lowest BCUT2D eigenvalue weighted by atomic mass is 10.1. The van der Waals surface area contributed by atoms with E-state index in [1.165, 1.54) is 0 Å². The Balaban J connectivity index is 2.24. The van der Waals surface area contributed by atoms with Gasteiger partial charge in [-0.1, -0.05) is 0 Å². The van der Waals surface area contributed by atoms with Crippen molar-refractivity contribution < 1.29 is 9.53 Å². The van der Waals surface area contributed by atoms with Gasteiger partial charge in [0.25, 0.3) is 0 Å². The van der Waals surface area contributed by atoms with Gasteiger partial charge in [0.05, 0.1) is 12.6 Å². The topological polar surface area (TPSA) is 50.4 Å². The van der Waals surface area contributed by atoms with Crippen molar-refractivity contribution >= 4 is 5.91 Å². The molecular formula is C9H18N2O2. The molecule has 0 aromatic carbocycles. The highest BCUT2D eigenvalue weighted by Crippen LogP contribution is 2.04.